The molecule has 0 atom stereocenters. The fraction of sp³-hybridized carbons (Fsp3) is 0.933. The first kappa shape index (κ1) is 16.5. The van der Waals surface area contributed by atoms with E-state index < -0.39 is 0 Å². The van der Waals surface area contributed by atoms with Crippen LogP contribution in [0.1, 0.15) is 25.7 Å². The van der Waals surface area contributed by atoms with E-state index in [1.54, 1.807) is 0 Å². The van der Waals surface area contributed by atoms with Crippen molar-refractivity contribution in [3.8, 4) is 0 Å². The SMILES string of the molecule is O=C(NCCCOCC1CC1)NCCCN1CCOCC1. The summed E-state index contributed by atoms with van der Waals surface area (Å²) in [5.74, 6) is 0.813. The zero-order chi connectivity index (χ0) is 14.8. The Morgan fingerprint density at radius 3 is 2.57 bits per heavy atom. The summed E-state index contributed by atoms with van der Waals surface area (Å²) in [5.41, 5.74) is 0. The average molecular weight is 299 g/mol. The van der Waals surface area contributed by atoms with Crippen molar-refractivity contribution in [2.75, 3.05) is 59.2 Å². The van der Waals surface area contributed by atoms with Gasteiger partial charge in [0.25, 0.3) is 0 Å². The first-order valence-electron chi connectivity index (χ1n) is 8.24. The molecular weight excluding hydrogens is 270 g/mol. The van der Waals surface area contributed by atoms with Crippen LogP contribution in [0.25, 0.3) is 0 Å². The van der Waals surface area contributed by atoms with E-state index in [1.165, 1.54) is 12.8 Å². The van der Waals surface area contributed by atoms with E-state index in [9.17, 15) is 4.79 Å². The van der Waals surface area contributed by atoms with Gasteiger partial charge in [0.05, 0.1) is 13.2 Å². The van der Waals surface area contributed by atoms with E-state index in [0.29, 0.717) is 6.54 Å². The Balaban J connectivity index is 1.33. The van der Waals surface area contributed by atoms with Crippen LogP contribution in [0.15, 0.2) is 0 Å². The third-order valence-electron chi connectivity index (χ3n) is 3.84. The number of hydrogen-bond donors (Lipinski definition) is 2. The predicted molar refractivity (Wildman–Crippen MR) is 81.4 cm³/mol. The lowest BCUT2D eigenvalue weighted by molar-refractivity contribution is 0.0375. The maximum Gasteiger partial charge on any atom is 0.314 e. The molecule has 1 aliphatic heterocycles. The number of nitrogens with one attached hydrogen (secondary N) is 2. The predicted octanol–water partition coefficient (Wildman–Crippen LogP) is 0.825. The molecule has 21 heavy (non-hydrogen) atoms. The highest BCUT2D eigenvalue weighted by Gasteiger charge is 2.20. The number of amides is 2. The van der Waals surface area contributed by atoms with Crippen LogP contribution in [0.4, 0.5) is 4.79 Å². The number of carbonyl (C=O) groups is 1. The van der Waals surface area contributed by atoms with E-state index in [4.69, 9.17) is 9.47 Å². The summed E-state index contributed by atoms with van der Waals surface area (Å²) in [6, 6.07) is -0.0702. The fourth-order valence-corrected chi connectivity index (χ4v) is 2.30. The van der Waals surface area contributed by atoms with E-state index in [1.807, 2.05) is 0 Å². The maximum absolute atomic E-state index is 11.5. The van der Waals surface area contributed by atoms with Gasteiger partial charge in [0.15, 0.2) is 0 Å². The number of rotatable bonds is 10. The standard InChI is InChI=1S/C15H29N3O3/c19-15(17-6-2-10-21-13-14-3-4-14)16-5-1-7-18-8-11-20-12-9-18/h14H,1-13H2,(H2,16,17,19). The van der Waals surface area contributed by atoms with Crippen molar-refractivity contribution in [3.63, 3.8) is 0 Å². The van der Waals surface area contributed by atoms with Gasteiger partial charge in [-0.05, 0) is 38.1 Å². The Kier molecular flexibility index (Phi) is 7.85. The van der Waals surface area contributed by atoms with Gasteiger partial charge in [0.2, 0.25) is 0 Å². The minimum atomic E-state index is -0.0702. The number of nitrogens with zero attached hydrogens (tertiary/aromatic N) is 1. The molecule has 1 heterocycles. The molecule has 0 aromatic heterocycles. The number of carbonyl (C=O) groups excluding carboxylic acids is 1. The minimum absolute atomic E-state index is 0.0702. The molecule has 0 unspecified atom stereocenters. The minimum Gasteiger partial charge on any atom is -0.381 e. The molecule has 6 nitrogen and oxygen atoms in total. The first-order valence-corrected chi connectivity index (χ1v) is 8.24. The molecule has 2 amide bonds. The Morgan fingerprint density at radius 1 is 1.14 bits per heavy atom. The lowest BCUT2D eigenvalue weighted by Crippen LogP contribution is -2.40. The van der Waals surface area contributed by atoms with Crippen LogP contribution in [0.5, 0.6) is 0 Å². The Hall–Kier alpha value is -0.850. The second-order valence-corrected chi connectivity index (χ2v) is 5.86. The summed E-state index contributed by atoms with van der Waals surface area (Å²) in [6.45, 7) is 7.75. The van der Waals surface area contributed by atoms with Gasteiger partial charge in [-0.1, -0.05) is 0 Å². The van der Waals surface area contributed by atoms with Gasteiger partial charge in [-0.15, -0.1) is 0 Å². The van der Waals surface area contributed by atoms with Crippen molar-refractivity contribution in [1.29, 1.82) is 0 Å². The average Bonchev–Trinajstić information content (AvgIpc) is 3.32. The molecule has 1 saturated heterocycles. The monoisotopic (exact) mass is 299 g/mol. The summed E-state index contributed by atoms with van der Waals surface area (Å²) in [4.78, 5) is 13.9. The molecule has 2 aliphatic rings. The highest BCUT2D eigenvalue weighted by atomic mass is 16.5. The van der Waals surface area contributed by atoms with Crippen LogP contribution in [-0.4, -0.2) is 70.1 Å². The Morgan fingerprint density at radius 2 is 1.86 bits per heavy atom. The highest BCUT2D eigenvalue weighted by molar-refractivity contribution is 5.73. The lowest BCUT2D eigenvalue weighted by atomic mass is 10.3. The van der Waals surface area contributed by atoms with Crippen LogP contribution in [0, 0.1) is 5.92 Å². The zero-order valence-electron chi connectivity index (χ0n) is 12.9. The van der Waals surface area contributed by atoms with Crippen LogP contribution >= 0.6 is 0 Å². The molecule has 0 radical (unpaired) electrons. The molecule has 2 N–H and O–H groups in total. The van der Waals surface area contributed by atoms with Gasteiger partial charge in [-0.3, -0.25) is 4.90 Å². The first-order chi connectivity index (χ1) is 10.3. The molecule has 1 saturated carbocycles. The molecular formula is C15H29N3O3. The molecule has 2 fully saturated rings. The van der Waals surface area contributed by atoms with Crippen LogP contribution in [0.2, 0.25) is 0 Å². The van der Waals surface area contributed by atoms with Gasteiger partial charge < -0.3 is 20.1 Å². The van der Waals surface area contributed by atoms with E-state index >= 15 is 0 Å². The van der Waals surface area contributed by atoms with Gasteiger partial charge in [-0.2, -0.15) is 0 Å². The maximum atomic E-state index is 11.5. The van der Waals surface area contributed by atoms with Gasteiger partial charge in [-0.25, -0.2) is 4.79 Å². The molecule has 122 valence electrons. The van der Waals surface area contributed by atoms with E-state index in [2.05, 4.69) is 15.5 Å². The van der Waals surface area contributed by atoms with E-state index in [-0.39, 0.29) is 6.03 Å². The van der Waals surface area contributed by atoms with Crippen molar-refractivity contribution in [1.82, 2.24) is 15.5 Å². The third kappa shape index (κ3) is 8.24. The van der Waals surface area contributed by atoms with Crippen molar-refractivity contribution >= 4 is 6.03 Å². The molecule has 0 bridgehead atoms. The van der Waals surface area contributed by atoms with Crippen molar-refractivity contribution in [2.45, 2.75) is 25.7 Å². The molecule has 1 aliphatic carbocycles. The third-order valence-corrected chi connectivity index (χ3v) is 3.84. The fourth-order valence-electron chi connectivity index (χ4n) is 2.30. The number of hydrogen-bond acceptors (Lipinski definition) is 4. The van der Waals surface area contributed by atoms with Gasteiger partial charge >= 0.3 is 6.03 Å². The zero-order valence-corrected chi connectivity index (χ0v) is 12.9. The molecule has 6 heteroatoms. The van der Waals surface area contributed by atoms with Crippen LogP contribution in [-0.2, 0) is 9.47 Å². The number of morpholine rings is 1. The van der Waals surface area contributed by atoms with Crippen LogP contribution < -0.4 is 10.6 Å². The van der Waals surface area contributed by atoms with Crippen molar-refractivity contribution < 1.29 is 14.3 Å². The lowest BCUT2D eigenvalue weighted by Gasteiger charge is -2.26. The second-order valence-electron chi connectivity index (χ2n) is 5.86. The smallest absolute Gasteiger partial charge is 0.314 e. The van der Waals surface area contributed by atoms with Crippen molar-refractivity contribution in [2.24, 2.45) is 5.92 Å². The molecule has 2 rings (SSSR count). The number of ether oxygens (including phenoxy) is 2. The Bertz CT molecular complexity index is 292. The number of urea groups is 1. The largest absolute Gasteiger partial charge is 0.381 e. The summed E-state index contributed by atoms with van der Waals surface area (Å²) in [7, 11) is 0. The summed E-state index contributed by atoms with van der Waals surface area (Å²) in [6.07, 6.45) is 4.52. The summed E-state index contributed by atoms with van der Waals surface area (Å²) in [5, 5.41) is 5.75. The second kappa shape index (κ2) is 9.97. The quantitative estimate of drug-likeness (QED) is 0.586. The normalized spacial score (nSPS) is 19.4. The molecule has 0 aromatic carbocycles. The van der Waals surface area contributed by atoms with E-state index in [0.717, 1.165) is 71.4 Å². The molecule has 0 spiro atoms. The summed E-state index contributed by atoms with van der Waals surface area (Å²) >= 11 is 0. The molecule has 0 aromatic rings. The van der Waals surface area contributed by atoms with Gasteiger partial charge in [0.1, 0.15) is 0 Å². The Labute approximate surface area is 127 Å². The van der Waals surface area contributed by atoms with Crippen LogP contribution in [0.3, 0.4) is 0 Å². The van der Waals surface area contributed by atoms with Crippen molar-refractivity contribution in [3.05, 3.63) is 0 Å². The topological polar surface area (TPSA) is 62.8 Å². The van der Waals surface area contributed by atoms with Gasteiger partial charge in [0, 0.05) is 39.4 Å². The highest BCUT2D eigenvalue weighted by Crippen LogP contribution is 2.28. The summed E-state index contributed by atoms with van der Waals surface area (Å²) < 4.78 is 10.8.